The molecule has 3 nitrogen and oxygen atoms in total. The quantitative estimate of drug-likeness (QED) is 0.883. The molecule has 0 fully saturated rings. The van der Waals surface area contributed by atoms with Gasteiger partial charge in [-0.3, -0.25) is 0 Å². The van der Waals surface area contributed by atoms with Crippen LogP contribution in [-0.2, 0) is 13.0 Å². The van der Waals surface area contributed by atoms with E-state index >= 15 is 0 Å². The Morgan fingerprint density at radius 1 is 1.47 bits per heavy atom. The van der Waals surface area contributed by atoms with Crippen molar-refractivity contribution in [2.45, 2.75) is 39.8 Å². The van der Waals surface area contributed by atoms with Gasteiger partial charge in [0.05, 0.1) is 12.0 Å². The van der Waals surface area contributed by atoms with Gasteiger partial charge in [0.2, 0.25) is 0 Å². The topological polar surface area (TPSA) is 38.1 Å². The van der Waals surface area contributed by atoms with Crippen molar-refractivity contribution >= 4 is 11.3 Å². The molecule has 2 heterocycles. The van der Waals surface area contributed by atoms with Crippen LogP contribution in [0.4, 0.5) is 0 Å². The van der Waals surface area contributed by atoms with Crippen LogP contribution in [0, 0.1) is 0 Å². The molecule has 0 spiro atoms. The molecular weight excluding hydrogens is 232 g/mol. The molecule has 2 rings (SSSR count). The van der Waals surface area contributed by atoms with Crippen LogP contribution in [0.25, 0.3) is 10.6 Å². The summed E-state index contributed by atoms with van der Waals surface area (Å²) in [5, 5.41) is 4.49. The van der Waals surface area contributed by atoms with Crippen LogP contribution in [0.2, 0.25) is 0 Å². The zero-order valence-electron chi connectivity index (χ0n) is 10.5. The van der Waals surface area contributed by atoms with Crippen molar-refractivity contribution < 1.29 is 4.42 Å². The van der Waals surface area contributed by atoms with Crippen LogP contribution in [0.3, 0.4) is 0 Å². The molecule has 0 aromatic carbocycles. The van der Waals surface area contributed by atoms with E-state index in [1.165, 1.54) is 10.6 Å². The number of thiazole rings is 1. The zero-order chi connectivity index (χ0) is 12.3. The highest BCUT2D eigenvalue weighted by molar-refractivity contribution is 7.15. The Balaban J connectivity index is 2.20. The second-order valence-corrected chi connectivity index (χ2v) is 5.37. The Hall–Kier alpha value is -1.13. The summed E-state index contributed by atoms with van der Waals surface area (Å²) in [5.41, 5.74) is 2.26. The van der Waals surface area contributed by atoms with Gasteiger partial charge in [0.15, 0.2) is 0 Å². The molecule has 2 aromatic rings. The number of hydrogen-bond donors (Lipinski definition) is 1. The largest absolute Gasteiger partial charge is 0.472 e. The standard InChI is InChI=1S/C13H18N2OS/c1-4-11-12(7-14-9(2)3)17-13(15-11)10-5-6-16-8-10/h5-6,8-9,14H,4,7H2,1-3H3. The van der Waals surface area contributed by atoms with Crippen molar-refractivity contribution in [2.24, 2.45) is 0 Å². The number of aromatic nitrogens is 1. The minimum atomic E-state index is 0.499. The average Bonchev–Trinajstić information content (AvgIpc) is 2.94. The summed E-state index contributed by atoms with van der Waals surface area (Å²) in [6, 6.07) is 2.46. The van der Waals surface area contributed by atoms with Gasteiger partial charge in [0.25, 0.3) is 0 Å². The highest BCUT2D eigenvalue weighted by Crippen LogP contribution is 2.28. The summed E-state index contributed by atoms with van der Waals surface area (Å²) < 4.78 is 5.10. The lowest BCUT2D eigenvalue weighted by molar-refractivity contribution is 0.568. The molecular formula is C13H18N2OS. The van der Waals surface area contributed by atoms with Crippen molar-refractivity contribution in [1.82, 2.24) is 10.3 Å². The normalized spacial score (nSPS) is 11.3. The van der Waals surface area contributed by atoms with Gasteiger partial charge in [-0.2, -0.15) is 0 Å². The minimum absolute atomic E-state index is 0.499. The third-order valence-electron chi connectivity index (χ3n) is 2.55. The van der Waals surface area contributed by atoms with E-state index in [9.17, 15) is 0 Å². The fourth-order valence-electron chi connectivity index (χ4n) is 1.60. The van der Waals surface area contributed by atoms with Crippen LogP contribution in [0.1, 0.15) is 31.3 Å². The summed E-state index contributed by atoms with van der Waals surface area (Å²) in [5.74, 6) is 0. The smallest absolute Gasteiger partial charge is 0.127 e. The molecule has 0 radical (unpaired) electrons. The van der Waals surface area contributed by atoms with Gasteiger partial charge in [0.1, 0.15) is 11.3 Å². The van der Waals surface area contributed by atoms with Crippen LogP contribution < -0.4 is 5.32 Å². The van der Waals surface area contributed by atoms with Crippen LogP contribution in [0.5, 0.6) is 0 Å². The van der Waals surface area contributed by atoms with E-state index in [0.29, 0.717) is 6.04 Å². The molecule has 0 aliphatic heterocycles. The third kappa shape index (κ3) is 2.96. The monoisotopic (exact) mass is 250 g/mol. The molecule has 0 saturated heterocycles. The lowest BCUT2D eigenvalue weighted by Gasteiger charge is -2.06. The molecule has 0 bridgehead atoms. The second-order valence-electron chi connectivity index (χ2n) is 4.29. The number of hydrogen-bond acceptors (Lipinski definition) is 4. The zero-order valence-corrected chi connectivity index (χ0v) is 11.3. The van der Waals surface area contributed by atoms with Gasteiger partial charge in [0, 0.05) is 23.0 Å². The van der Waals surface area contributed by atoms with Crippen LogP contribution in [-0.4, -0.2) is 11.0 Å². The summed E-state index contributed by atoms with van der Waals surface area (Å²) in [7, 11) is 0. The van der Waals surface area contributed by atoms with Gasteiger partial charge >= 0.3 is 0 Å². The van der Waals surface area contributed by atoms with E-state index in [4.69, 9.17) is 4.42 Å². The Kier molecular flexibility index (Phi) is 3.97. The first-order chi connectivity index (χ1) is 8.20. The lowest BCUT2D eigenvalue weighted by Crippen LogP contribution is -2.21. The molecule has 17 heavy (non-hydrogen) atoms. The predicted octanol–water partition coefficient (Wildman–Crippen LogP) is 3.46. The van der Waals surface area contributed by atoms with Crippen molar-refractivity contribution in [3.05, 3.63) is 29.2 Å². The van der Waals surface area contributed by atoms with Crippen LogP contribution in [0.15, 0.2) is 23.0 Å². The SMILES string of the molecule is CCc1nc(-c2ccoc2)sc1CNC(C)C. The summed E-state index contributed by atoms with van der Waals surface area (Å²) in [6.45, 7) is 7.36. The maximum Gasteiger partial charge on any atom is 0.127 e. The summed E-state index contributed by atoms with van der Waals surface area (Å²) >= 11 is 1.75. The van der Waals surface area contributed by atoms with Gasteiger partial charge in [-0.05, 0) is 12.5 Å². The minimum Gasteiger partial charge on any atom is -0.472 e. The molecule has 4 heteroatoms. The van der Waals surface area contributed by atoms with E-state index in [0.717, 1.165) is 23.5 Å². The molecule has 1 N–H and O–H groups in total. The number of nitrogens with zero attached hydrogens (tertiary/aromatic N) is 1. The predicted molar refractivity (Wildman–Crippen MR) is 71.2 cm³/mol. The molecule has 0 aliphatic rings. The third-order valence-corrected chi connectivity index (χ3v) is 3.70. The molecule has 2 aromatic heterocycles. The Bertz CT molecular complexity index is 460. The second kappa shape index (κ2) is 5.47. The van der Waals surface area contributed by atoms with E-state index in [1.807, 2.05) is 6.07 Å². The van der Waals surface area contributed by atoms with E-state index in [-0.39, 0.29) is 0 Å². The van der Waals surface area contributed by atoms with Gasteiger partial charge in [-0.25, -0.2) is 4.98 Å². The molecule has 0 amide bonds. The molecule has 0 unspecified atom stereocenters. The molecule has 0 atom stereocenters. The highest BCUT2D eigenvalue weighted by Gasteiger charge is 2.12. The van der Waals surface area contributed by atoms with E-state index in [1.54, 1.807) is 23.9 Å². The van der Waals surface area contributed by atoms with Crippen LogP contribution >= 0.6 is 11.3 Å². The fourth-order valence-corrected chi connectivity index (χ4v) is 2.69. The fraction of sp³-hybridized carbons (Fsp3) is 0.462. The van der Waals surface area contributed by atoms with Crippen molar-refractivity contribution in [3.63, 3.8) is 0 Å². The first kappa shape index (κ1) is 12.3. The van der Waals surface area contributed by atoms with Gasteiger partial charge < -0.3 is 9.73 Å². The first-order valence-corrected chi connectivity index (χ1v) is 6.77. The highest BCUT2D eigenvalue weighted by atomic mass is 32.1. The van der Waals surface area contributed by atoms with Crippen molar-refractivity contribution in [2.75, 3.05) is 0 Å². The summed E-state index contributed by atoms with van der Waals surface area (Å²) in [6.07, 6.45) is 4.41. The maximum atomic E-state index is 5.10. The van der Waals surface area contributed by atoms with E-state index in [2.05, 4.69) is 31.1 Å². The Morgan fingerprint density at radius 2 is 2.29 bits per heavy atom. The first-order valence-electron chi connectivity index (χ1n) is 5.95. The summed E-state index contributed by atoms with van der Waals surface area (Å²) in [4.78, 5) is 6.00. The lowest BCUT2D eigenvalue weighted by atomic mass is 10.3. The number of nitrogens with one attached hydrogen (secondary N) is 1. The number of furan rings is 1. The maximum absolute atomic E-state index is 5.10. The van der Waals surface area contributed by atoms with E-state index < -0.39 is 0 Å². The van der Waals surface area contributed by atoms with Gasteiger partial charge in [-0.1, -0.05) is 20.8 Å². The van der Waals surface area contributed by atoms with Gasteiger partial charge in [-0.15, -0.1) is 11.3 Å². The Labute approximate surface area is 106 Å². The van der Waals surface area contributed by atoms with Crippen molar-refractivity contribution in [1.29, 1.82) is 0 Å². The molecule has 0 saturated carbocycles. The molecule has 0 aliphatic carbocycles. The van der Waals surface area contributed by atoms with Crippen molar-refractivity contribution in [3.8, 4) is 10.6 Å². The Morgan fingerprint density at radius 3 is 2.88 bits per heavy atom. The number of aryl methyl sites for hydroxylation is 1. The number of rotatable bonds is 5. The molecule has 92 valence electrons. The average molecular weight is 250 g/mol.